The van der Waals surface area contributed by atoms with E-state index in [0.29, 0.717) is 73.4 Å². The second-order valence-corrected chi connectivity index (χ2v) is 7.96. The van der Waals surface area contributed by atoms with Gasteiger partial charge in [0, 0.05) is 23.9 Å². The molecule has 5 rings (SSSR count). The van der Waals surface area contributed by atoms with Crippen LogP contribution in [0.3, 0.4) is 0 Å². The van der Waals surface area contributed by atoms with Gasteiger partial charge < -0.3 is 34.6 Å². The summed E-state index contributed by atoms with van der Waals surface area (Å²) in [4.78, 5) is 20.8. The molecule has 0 spiro atoms. The number of carbonyl (C=O) groups excluding carboxylic acids is 1. The topological polar surface area (TPSA) is 107 Å². The van der Waals surface area contributed by atoms with Crippen molar-refractivity contribution in [2.24, 2.45) is 0 Å². The highest BCUT2D eigenvalue weighted by Gasteiger charge is 2.32. The summed E-state index contributed by atoms with van der Waals surface area (Å²) in [5.74, 6) is -0.184. The van der Waals surface area contributed by atoms with Gasteiger partial charge in [-0.05, 0) is 18.2 Å². The molecular weight excluding hydrogens is 443 g/mol. The van der Waals surface area contributed by atoms with Crippen molar-refractivity contribution in [3.8, 4) is 22.8 Å². The number of para-hydroxylation sites is 1. The molecule has 3 N–H and O–H groups in total. The maximum absolute atomic E-state index is 14.4. The Morgan fingerprint density at radius 2 is 2.03 bits per heavy atom. The Hall–Kier alpha value is -3.63. The molecule has 34 heavy (non-hydrogen) atoms. The summed E-state index contributed by atoms with van der Waals surface area (Å²) in [6.07, 6.45) is 3.81. The van der Waals surface area contributed by atoms with Crippen LogP contribution in [0.4, 0.5) is 15.8 Å². The number of nitrogens with one attached hydrogen (secondary N) is 3. The van der Waals surface area contributed by atoms with Crippen LogP contribution in [0.2, 0.25) is 0 Å². The number of fused-ring (bicyclic) bond motifs is 4. The number of rotatable bonds is 3. The van der Waals surface area contributed by atoms with E-state index in [1.165, 1.54) is 13.2 Å². The second-order valence-electron chi connectivity index (χ2n) is 7.96. The van der Waals surface area contributed by atoms with Crippen LogP contribution in [0.1, 0.15) is 16.1 Å². The lowest BCUT2D eigenvalue weighted by atomic mass is 10.0. The quantitative estimate of drug-likeness (QED) is 0.542. The Labute approximate surface area is 195 Å². The molecule has 4 heterocycles. The molecular formula is C24H25FN4O5. The van der Waals surface area contributed by atoms with E-state index in [1.807, 2.05) is 0 Å². The minimum absolute atomic E-state index is 0.0522. The second kappa shape index (κ2) is 9.70. The summed E-state index contributed by atoms with van der Waals surface area (Å²) in [5.41, 5.74) is 3.42. The standard InChI is InChI=1S/C24H25FN4O5/c1-31-23-16(25)3-2-4-17(23)28-22-20-18-11-14(27-24(20)30)13-33-8-7-32-9-10-34-19-12-26-6-5-15(19)21(22)29-18/h2-6,12,14,28-29H,7-11,13H2,1H3,(H,27,30)/t14-/m0/s1. The molecule has 2 aromatic heterocycles. The summed E-state index contributed by atoms with van der Waals surface area (Å²) in [6.45, 7) is 1.93. The third-order valence-electron chi connectivity index (χ3n) is 5.75. The molecule has 0 fully saturated rings. The summed E-state index contributed by atoms with van der Waals surface area (Å²) in [5, 5.41) is 6.24. The van der Waals surface area contributed by atoms with Crippen molar-refractivity contribution in [2.75, 3.05) is 45.5 Å². The minimum atomic E-state index is -0.512. The molecule has 178 valence electrons. The summed E-state index contributed by atoms with van der Waals surface area (Å²) >= 11 is 0. The summed E-state index contributed by atoms with van der Waals surface area (Å²) in [6, 6.07) is 6.19. The minimum Gasteiger partial charge on any atom is -0.492 e. The van der Waals surface area contributed by atoms with Gasteiger partial charge in [-0.25, -0.2) is 4.39 Å². The number of H-pyrrole nitrogens is 1. The molecule has 0 aliphatic carbocycles. The Bertz CT molecular complexity index is 1200. The molecule has 2 aliphatic heterocycles. The largest absolute Gasteiger partial charge is 0.492 e. The fourth-order valence-electron chi connectivity index (χ4n) is 4.25. The predicted octanol–water partition coefficient (Wildman–Crippen LogP) is 3.05. The average Bonchev–Trinajstić information content (AvgIpc) is 3.19. The Morgan fingerprint density at radius 1 is 1.18 bits per heavy atom. The molecule has 1 atom stereocenters. The molecule has 2 aliphatic rings. The van der Waals surface area contributed by atoms with Gasteiger partial charge in [-0.15, -0.1) is 0 Å². The van der Waals surface area contributed by atoms with Crippen LogP contribution in [-0.4, -0.2) is 62.1 Å². The van der Waals surface area contributed by atoms with E-state index >= 15 is 0 Å². The van der Waals surface area contributed by atoms with Crippen molar-refractivity contribution in [2.45, 2.75) is 12.5 Å². The van der Waals surface area contributed by atoms with Gasteiger partial charge in [-0.1, -0.05) is 6.07 Å². The average molecular weight is 468 g/mol. The lowest BCUT2D eigenvalue weighted by molar-refractivity contribution is 0.0285. The zero-order valence-electron chi connectivity index (χ0n) is 18.7. The highest BCUT2D eigenvalue weighted by atomic mass is 19.1. The van der Waals surface area contributed by atoms with E-state index in [9.17, 15) is 9.18 Å². The van der Waals surface area contributed by atoms with Gasteiger partial charge in [-0.2, -0.15) is 0 Å². The summed E-state index contributed by atoms with van der Waals surface area (Å²) < 4.78 is 36.9. The van der Waals surface area contributed by atoms with Gasteiger partial charge in [0.25, 0.3) is 5.91 Å². The van der Waals surface area contributed by atoms with Gasteiger partial charge in [0.15, 0.2) is 11.6 Å². The first kappa shape index (κ1) is 22.2. The predicted molar refractivity (Wildman–Crippen MR) is 122 cm³/mol. The lowest BCUT2D eigenvalue weighted by Crippen LogP contribution is -2.44. The lowest BCUT2D eigenvalue weighted by Gasteiger charge is -2.24. The van der Waals surface area contributed by atoms with Crippen LogP contribution in [0.5, 0.6) is 11.5 Å². The zero-order valence-corrected chi connectivity index (χ0v) is 18.7. The number of amides is 1. The summed E-state index contributed by atoms with van der Waals surface area (Å²) in [7, 11) is 1.40. The Balaban J connectivity index is 1.65. The molecule has 1 aromatic carbocycles. The van der Waals surface area contributed by atoms with Gasteiger partial charge in [0.1, 0.15) is 12.4 Å². The van der Waals surface area contributed by atoms with Crippen LogP contribution in [0.15, 0.2) is 36.7 Å². The number of pyridine rings is 1. The molecule has 3 aromatic rings. The fraction of sp³-hybridized carbons (Fsp3) is 0.333. The van der Waals surface area contributed by atoms with Gasteiger partial charge in [0.05, 0.1) is 68.4 Å². The van der Waals surface area contributed by atoms with Crippen molar-refractivity contribution in [1.29, 1.82) is 0 Å². The number of halogens is 1. The first-order valence-corrected chi connectivity index (χ1v) is 11.0. The van der Waals surface area contributed by atoms with Crippen LogP contribution in [0.25, 0.3) is 11.3 Å². The molecule has 10 heteroatoms. The molecule has 1 amide bonds. The van der Waals surface area contributed by atoms with Crippen LogP contribution in [-0.2, 0) is 15.9 Å². The maximum Gasteiger partial charge on any atom is 0.255 e. The van der Waals surface area contributed by atoms with E-state index in [1.54, 1.807) is 30.6 Å². The first-order chi connectivity index (χ1) is 16.7. The highest BCUT2D eigenvalue weighted by Crippen LogP contribution is 2.42. The van der Waals surface area contributed by atoms with E-state index in [-0.39, 0.29) is 17.7 Å². The number of hydrogen-bond donors (Lipinski definition) is 3. The molecule has 0 unspecified atom stereocenters. The molecule has 0 saturated carbocycles. The number of hydrogen-bond acceptors (Lipinski definition) is 7. The van der Waals surface area contributed by atoms with Crippen molar-refractivity contribution in [3.63, 3.8) is 0 Å². The number of benzene rings is 1. The smallest absolute Gasteiger partial charge is 0.255 e. The van der Waals surface area contributed by atoms with Crippen LogP contribution < -0.4 is 20.1 Å². The van der Waals surface area contributed by atoms with Crippen molar-refractivity contribution in [1.82, 2.24) is 15.3 Å². The number of aromatic amines is 1. The van der Waals surface area contributed by atoms with Crippen molar-refractivity contribution in [3.05, 3.63) is 53.7 Å². The van der Waals surface area contributed by atoms with Gasteiger partial charge in [-0.3, -0.25) is 9.78 Å². The molecule has 9 nitrogen and oxygen atoms in total. The van der Waals surface area contributed by atoms with Crippen LogP contribution >= 0.6 is 0 Å². The Kier molecular flexibility index (Phi) is 6.33. The number of nitrogens with zero attached hydrogens (tertiary/aromatic N) is 1. The van der Waals surface area contributed by atoms with Gasteiger partial charge >= 0.3 is 0 Å². The van der Waals surface area contributed by atoms with Gasteiger partial charge in [0.2, 0.25) is 0 Å². The SMILES string of the molecule is COc1c(F)cccc1Nc1c2[nH]c3c1C(=O)N[C@H](COCCOCCOc1cnccc1-2)C3. The highest BCUT2D eigenvalue weighted by molar-refractivity contribution is 6.07. The fourth-order valence-corrected chi connectivity index (χ4v) is 4.25. The van der Waals surface area contributed by atoms with Crippen molar-refractivity contribution >= 4 is 17.3 Å². The third-order valence-corrected chi connectivity index (χ3v) is 5.75. The van der Waals surface area contributed by atoms with E-state index in [4.69, 9.17) is 18.9 Å². The normalized spacial score (nSPS) is 18.2. The Morgan fingerprint density at radius 3 is 2.91 bits per heavy atom. The first-order valence-electron chi connectivity index (χ1n) is 11.0. The van der Waals surface area contributed by atoms with Crippen molar-refractivity contribution < 1.29 is 28.1 Å². The van der Waals surface area contributed by atoms with E-state index in [0.717, 1.165) is 5.69 Å². The monoisotopic (exact) mass is 468 g/mol. The number of ether oxygens (including phenoxy) is 4. The number of carbonyl (C=O) groups is 1. The van der Waals surface area contributed by atoms with Crippen LogP contribution in [0, 0.1) is 5.82 Å². The van der Waals surface area contributed by atoms with E-state index < -0.39 is 5.82 Å². The molecule has 0 radical (unpaired) electrons. The number of anilines is 2. The number of aromatic nitrogens is 2. The number of methoxy groups -OCH3 is 1. The third kappa shape index (κ3) is 4.29. The maximum atomic E-state index is 14.4. The zero-order chi connectivity index (χ0) is 23.5. The molecule has 3 bridgehead atoms. The molecule has 0 saturated heterocycles. The van der Waals surface area contributed by atoms with E-state index in [2.05, 4.69) is 20.6 Å².